The summed E-state index contributed by atoms with van der Waals surface area (Å²) < 4.78 is 9.83. The zero-order valence-corrected chi connectivity index (χ0v) is 19.9. The van der Waals surface area contributed by atoms with Crippen LogP contribution in [0.1, 0.15) is 97.8 Å². The third-order valence-electron chi connectivity index (χ3n) is 7.23. The fourth-order valence-corrected chi connectivity index (χ4v) is 5.55. The van der Waals surface area contributed by atoms with Crippen molar-refractivity contribution < 1.29 is 9.47 Å². The van der Waals surface area contributed by atoms with E-state index in [0.717, 1.165) is 50.0 Å². The summed E-state index contributed by atoms with van der Waals surface area (Å²) in [6.45, 7) is 11.0. The van der Waals surface area contributed by atoms with Crippen LogP contribution < -0.4 is 0 Å². The van der Waals surface area contributed by atoms with E-state index in [0.29, 0.717) is 0 Å². The van der Waals surface area contributed by atoms with E-state index in [2.05, 4.69) is 25.7 Å². The lowest BCUT2D eigenvalue weighted by Gasteiger charge is -2.31. The molecule has 2 saturated carbocycles. The molecule has 3 fully saturated rings. The molecule has 0 aromatic heterocycles. The van der Waals surface area contributed by atoms with Gasteiger partial charge >= 0.3 is 0 Å². The SMILES string of the molecule is CCC1CCCCC1CC.CCCOC.COCCN1CCC2CCCCC21. The van der Waals surface area contributed by atoms with Crippen LogP contribution in [0.5, 0.6) is 0 Å². The maximum atomic E-state index is 5.14. The summed E-state index contributed by atoms with van der Waals surface area (Å²) in [5.41, 5.74) is 0. The second-order valence-electron chi connectivity index (χ2n) is 9.04. The Bertz CT molecular complexity index is 335. The molecule has 1 saturated heterocycles. The molecular weight excluding hydrogens is 346 g/mol. The first kappa shape index (κ1) is 25.9. The first-order chi connectivity index (χ1) is 13.7. The van der Waals surface area contributed by atoms with Gasteiger partial charge in [-0.15, -0.1) is 0 Å². The number of likely N-dealkylation sites (tertiary alicyclic amines) is 1. The molecule has 0 radical (unpaired) electrons. The largest absolute Gasteiger partial charge is 0.385 e. The Labute approximate surface area is 176 Å². The molecule has 168 valence electrons. The van der Waals surface area contributed by atoms with Gasteiger partial charge in [0.2, 0.25) is 0 Å². The molecule has 2 aliphatic carbocycles. The molecule has 4 atom stereocenters. The molecule has 3 heteroatoms. The molecular formula is C25H51NO2. The topological polar surface area (TPSA) is 21.7 Å². The molecule has 0 amide bonds. The lowest BCUT2D eigenvalue weighted by atomic mass is 9.77. The summed E-state index contributed by atoms with van der Waals surface area (Å²) >= 11 is 0. The number of fused-ring (bicyclic) bond motifs is 1. The summed E-state index contributed by atoms with van der Waals surface area (Å²) in [4.78, 5) is 2.65. The fourth-order valence-electron chi connectivity index (χ4n) is 5.55. The van der Waals surface area contributed by atoms with Gasteiger partial charge in [0.1, 0.15) is 0 Å². The van der Waals surface area contributed by atoms with Crippen molar-refractivity contribution >= 4 is 0 Å². The summed E-state index contributed by atoms with van der Waals surface area (Å²) in [6.07, 6.45) is 17.2. The van der Waals surface area contributed by atoms with Crippen LogP contribution in [-0.2, 0) is 9.47 Å². The highest BCUT2D eigenvalue weighted by Crippen LogP contribution is 2.36. The minimum absolute atomic E-state index is 0.889. The highest BCUT2D eigenvalue weighted by molar-refractivity contribution is 4.89. The number of ether oxygens (including phenoxy) is 2. The van der Waals surface area contributed by atoms with Gasteiger partial charge in [0.05, 0.1) is 6.61 Å². The van der Waals surface area contributed by atoms with Crippen molar-refractivity contribution in [3.63, 3.8) is 0 Å². The summed E-state index contributed by atoms with van der Waals surface area (Å²) in [5, 5.41) is 0. The lowest BCUT2D eigenvalue weighted by molar-refractivity contribution is 0.120. The average Bonchev–Trinajstić information content (AvgIpc) is 3.17. The molecule has 3 rings (SSSR count). The molecule has 0 bridgehead atoms. The van der Waals surface area contributed by atoms with E-state index in [1.165, 1.54) is 77.2 Å². The normalized spacial score (nSPS) is 29.9. The van der Waals surface area contributed by atoms with Crippen LogP contribution >= 0.6 is 0 Å². The molecule has 0 spiro atoms. The molecule has 4 unspecified atom stereocenters. The van der Waals surface area contributed by atoms with Gasteiger partial charge in [0.25, 0.3) is 0 Å². The van der Waals surface area contributed by atoms with Crippen LogP contribution in [-0.4, -0.2) is 51.5 Å². The maximum absolute atomic E-state index is 5.14. The molecule has 1 heterocycles. The Hall–Kier alpha value is -0.120. The van der Waals surface area contributed by atoms with Crippen LogP contribution in [0.4, 0.5) is 0 Å². The standard InChI is InChI=1S/C11H21NO.C10H20.C4H10O/c1-13-9-8-12-7-6-10-4-2-3-5-11(10)12;1-3-9-7-5-6-8-10(9)4-2;1-3-4-5-2/h10-11H,2-9H2,1H3;9-10H,3-8H2,1-2H3;3-4H2,1-2H3. The predicted octanol–water partition coefficient (Wildman–Crippen LogP) is 6.55. The molecule has 28 heavy (non-hydrogen) atoms. The van der Waals surface area contributed by atoms with Crippen molar-refractivity contribution in [1.82, 2.24) is 4.90 Å². The third-order valence-corrected chi connectivity index (χ3v) is 7.23. The van der Waals surface area contributed by atoms with Crippen molar-refractivity contribution in [2.45, 2.75) is 104 Å². The maximum Gasteiger partial charge on any atom is 0.0589 e. The van der Waals surface area contributed by atoms with Crippen LogP contribution in [0.3, 0.4) is 0 Å². The number of rotatable bonds is 7. The molecule has 3 aliphatic rings. The van der Waals surface area contributed by atoms with Crippen LogP contribution in [0.25, 0.3) is 0 Å². The van der Waals surface area contributed by atoms with Crippen molar-refractivity contribution in [3.8, 4) is 0 Å². The van der Waals surface area contributed by atoms with Crippen LogP contribution in [0, 0.1) is 17.8 Å². The molecule has 1 aliphatic heterocycles. The van der Waals surface area contributed by atoms with Gasteiger partial charge in [-0.3, -0.25) is 4.90 Å². The minimum Gasteiger partial charge on any atom is -0.385 e. The fraction of sp³-hybridized carbons (Fsp3) is 1.00. The minimum atomic E-state index is 0.889. The molecule has 0 aromatic rings. The van der Waals surface area contributed by atoms with E-state index in [1.54, 1.807) is 14.2 Å². The van der Waals surface area contributed by atoms with Gasteiger partial charge in [-0.1, -0.05) is 72.1 Å². The highest BCUT2D eigenvalue weighted by atomic mass is 16.5. The van der Waals surface area contributed by atoms with Gasteiger partial charge in [-0.2, -0.15) is 0 Å². The number of methoxy groups -OCH3 is 2. The van der Waals surface area contributed by atoms with Gasteiger partial charge in [0.15, 0.2) is 0 Å². The third kappa shape index (κ3) is 9.59. The molecule has 0 aromatic carbocycles. The lowest BCUT2D eigenvalue weighted by Crippen LogP contribution is -2.36. The quantitative estimate of drug-likeness (QED) is 0.486. The van der Waals surface area contributed by atoms with Gasteiger partial charge < -0.3 is 9.47 Å². The van der Waals surface area contributed by atoms with Crippen molar-refractivity contribution in [2.24, 2.45) is 17.8 Å². The Morgan fingerprint density at radius 3 is 1.79 bits per heavy atom. The number of nitrogens with zero attached hydrogens (tertiary/aromatic N) is 1. The zero-order chi connectivity index (χ0) is 20.6. The first-order valence-corrected chi connectivity index (χ1v) is 12.4. The average molecular weight is 398 g/mol. The van der Waals surface area contributed by atoms with E-state index in [-0.39, 0.29) is 0 Å². The highest BCUT2D eigenvalue weighted by Gasteiger charge is 2.34. The van der Waals surface area contributed by atoms with E-state index in [9.17, 15) is 0 Å². The number of hydrogen-bond donors (Lipinski definition) is 0. The summed E-state index contributed by atoms with van der Waals surface area (Å²) in [7, 11) is 3.51. The second-order valence-corrected chi connectivity index (χ2v) is 9.04. The van der Waals surface area contributed by atoms with E-state index in [4.69, 9.17) is 9.47 Å². The zero-order valence-electron chi connectivity index (χ0n) is 19.9. The monoisotopic (exact) mass is 397 g/mol. The molecule has 3 nitrogen and oxygen atoms in total. The van der Waals surface area contributed by atoms with Crippen LogP contribution in [0.2, 0.25) is 0 Å². The Balaban J connectivity index is 0.000000233. The first-order valence-electron chi connectivity index (χ1n) is 12.4. The van der Waals surface area contributed by atoms with Crippen molar-refractivity contribution in [1.29, 1.82) is 0 Å². The second kappa shape index (κ2) is 16.7. The van der Waals surface area contributed by atoms with E-state index in [1.807, 2.05) is 0 Å². The Morgan fingerprint density at radius 1 is 0.714 bits per heavy atom. The van der Waals surface area contributed by atoms with E-state index < -0.39 is 0 Å². The Kier molecular flexibility index (Phi) is 15.4. The Morgan fingerprint density at radius 2 is 1.29 bits per heavy atom. The van der Waals surface area contributed by atoms with Crippen molar-refractivity contribution in [2.75, 3.05) is 40.5 Å². The van der Waals surface area contributed by atoms with Crippen LogP contribution in [0.15, 0.2) is 0 Å². The van der Waals surface area contributed by atoms with Gasteiger partial charge in [-0.25, -0.2) is 0 Å². The summed E-state index contributed by atoms with van der Waals surface area (Å²) in [5.74, 6) is 3.16. The smallest absolute Gasteiger partial charge is 0.0589 e. The summed E-state index contributed by atoms with van der Waals surface area (Å²) in [6, 6.07) is 0.906. The molecule has 0 N–H and O–H groups in total. The van der Waals surface area contributed by atoms with Gasteiger partial charge in [-0.05, 0) is 50.0 Å². The van der Waals surface area contributed by atoms with Crippen molar-refractivity contribution in [3.05, 3.63) is 0 Å². The predicted molar refractivity (Wildman–Crippen MR) is 122 cm³/mol. The van der Waals surface area contributed by atoms with E-state index >= 15 is 0 Å². The van der Waals surface area contributed by atoms with Gasteiger partial charge in [0, 0.05) is 33.4 Å². The number of hydrogen-bond acceptors (Lipinski definition) is 3.